The van der Waals surface area contributed by atoms with Crippen LogP contribution in [-0.2, 0) is 0 Å². The lowest BCUT2D eigenvalue weighted by Crippen LogP contribution is -1.97. The molecule has 0 amide bonds. The maximum atomic E-state index is 9.95. The van der Waals surface area contributed by atoms with Gasteiger partial charge in [-0.2, -0.15) is 0 Å². The van der Waals surface area contributed by atoms with E-state index in [9.17, 15) is 5.11 Å². The Morgan fingerprint density at radius 1 is 1.31 bits per heavy atom. The number of nitrogens with one attached hydrogen (secondary N) is 1. The lowest BCUT2D eigenvalue weighted by atomic mass is 10.1. The monoisotopic (exact) mass is 438 g/mol. The highest BCUT2D eigenvalue weighted by Gasteiger charge is 2.10. The number of halogens is 2. The Kier molecular flexibility index (Phi) is 3.34. The Hall–Kier alpha value is -0.440. The van der Waals surface area contributed by atoms with Crippen molar-refractivity contribution in [2.75, 3.05) is 0 Å². The first-order valence-corrected chi connectivity index (χ1v) is 6.69. The summed E-state index contributed by atoms with van der Waals surface area (Å²) in [4.78, 5) is 4.31. The summed E-state index contributed by atoms with van der Waals surface area (Å²) >= 11 is 4.30. The minimum Gasteiger partial charge on any atom is -0.505 e. The average Bonchev–Trinajstić information content (AvgIpc) is 2.25. The number of fused-ring (bicyclic) bond motifs is 1. The van der Waals surface area contributed by atoms with Crippen LogP contribution < -0.4 is 0 Å². The number of phenols is 1. The molecule has 16 heavy (non-hydrogen) atoms. The zero-order chi connectivity index (χ0) is 11.9. The van der Waals surface area contributed by atoms with Crippen molar-refractivity contribution < 1.29 is 5.11 Å². The zero-order valence-electron chi connectivity index (χ0n) is 8.38. The Bertz CT molecular complexity index is 596. The van der Waals surface area contributed by atoms with E-state index in [0.717, 1.165) is 12.5 Å². The van der Waals surface area contributed by atoms with Crippen molar-refractivity contribution in [3.63, 3.8) is 0 Å². The predicted octanol–water partition coefficient (Wildman–Crippen LogP) is 3.54. The highest BCUT2D eigenvalue weighted by atomic mass is 127. The number of aromatic nitrogens is 1. The van der Waals surface area contributed by atoms with E-state index in [4.69, 9.17) is 5.41 Å². The molecule has 82 valence electrons. The molecule has 5 heteroatoms. The van der Waals surface area contributed by atoms with Crippen LogP contribution in [0.3, 0.4) is 0 Å². The second-order valence-corrected chi connectivity index (χ2v) is 5.73. The third-order valence-electron chi connectivity index (χ3n) is 2.24. The van der Waals surface area contributed by atoms with Gasteiger partial charge in [0.15, 0.2) is 5.75 Å². The van der Waals surface area contributed by atoms with Crippen LogP contribution in [0.5, 0.6) is 5.75 Å². The van der Waals surface area contributed by atoms with Gasteiger partial charge in [-0.05, 0) is 70.3 Å². The van der Waals surface area contributed by atoms with E-state index in [1.165, 1.54) is 0 Å². The quantitative estimate of drug-likeness (QED) is 0.529. The van der Waals surface area contributed by atoms with E-state index >= 15 is 0 Å². The van der Waals surface area contributed by atoms with Gasteiger partial charge < -0.3 is 10.5 Å². The van der Waals surface area contributed by atoms with Crippen LogP contribution >= 0.6 is 45.2 Å². The molecule has 0 unspecified atom stereocenters. The predicted molar refractivity (Wildman–Crippen MR) is 81.3 cm³/mol. The Balaban J connectivity index is 2.86. The van der Waals surface area contributed by atoms with Crippen molar-refractivity contribution in [2.45, 2.75) is 6.92 Å². The summed E-state index contributed by atoms with van der Waals surface area (Å²) in [6.07, 6.45) is 0. The summed E-state index contributed by atoms with van der Waals surface area (Å²) in [7, 11) is 0. The Labute approximate surface area is 120 Å². The molecule has 0 aliphatic rings. The van der Waals surface area contributed by atoms with E-state index in [1.807, 2.05) is 12.1 Å². The van der Waals surface area contributed by atoms with Gasteiger partial charge in [-0.25, -0.2) is 4.98 Å². The smallest absolute Gasteiger partial charge is 0.155 e. The third-order valence-corrected chi connectivity index (χ3v) is 3.96. The van der Waals surface area contributed by atoms with E-state index in [2.05, 4.69) is 50.2 Å². The van der Waals surface area contributed by atoms with Crippen molar-refractivity contribution in [3.8, 4) is 5.75 Å². The van der Waals surface area contributed by atoms with Crippen LogP contribution in [0.2, 0.25) is 0 Å². The fraction of sp³-hybridized carbons (Fsp3) is 0.0909. The van der Waals surface area contributed by atoms with Crippen LogP contribution in [0.15, 0.2) is 18.2 Å². The molecule has 2 aromatic rings. The molecule has 0 fully saturated rings. The molecule has 2 rings (SSSR count). The summed E-state index contributed by atoms with van der Waals surface area (Å²) in [5, 5.41) is 18.4. The molecule has 0 radical (unpaired) electrons. The Morgan fingerprint density at radius 2 is 2.00 bits per heavy atom. The fourth-order valence-corrected chi connectivity index (χ4v) is 3.32. The molecule has 0 aliphatic carbocycles. The zero-order valence-corrected chi connectivity index (χ0v) is 12.7. The van der Waals surface area contributed by atoms with Gasteiger partial charge in [0.05, 0.1) is 15.0 Å². The van der Waals surface area contributed by atoms with Crippen LogP contribution in [0.1, 0.15) is 12.6 Å². The molecule has 0 atom stereocenters. The second kappa shape index (κ2) is 4.44. The van der Waals surface area contributed by atoms with Crippen molar-refractivity contribution in [1.82, 2.24) is 4.98 Å². The molecule has 2 N–H and O–H groups in total. The molecule has 0 spiro atoms. The number of pyridine rings is 1. The minimum atomic E-state index is 0.194. The number of phenolic OH excluding ortho intramolecular Hbond substituents is 1. The number of benzene rings is 1. The van der Waals surface area contributed by atoms with Gasteiger partial charge in [-0.15, -0.1) is 0 Å². The molecule has 0 saturated heterocycles. The highest BCUT2D eigenvalue weighted by molar-refractivity contribution is 14.1. The normalized spacial score (nSPS) is 10.7. The van der Waals surface area contributed by atoms with Crippen molar-refractivity contribution >= 4 is 61.8 Å². The van der Waals surface area contributed by atoms with E-state index < -0.39 is 0 Å². The summed E-state index contributed by atoms with van der Waals surface area (Å²) in [5.74, 6) is 0.194. The maximum Gasteiger partial charge on any atom is 0.155 e. The Morgan fingerprint density at radius 3 is 2.62 bits per heavy atom. The summed E-state index contributed by atoms with van der Waals surface area (Å²) in [6, 6.07) is 5.61. The summed E-state index contributed by atoms with van der Waals surface area (Å²) in [6.45, 7) is 1.68. The summed E-state index contributed by atoms with van der Waals surface area (Å²) in [5.41, 5.74) is 1.57. The standard InChI is InChI=1S/C11H8I2N2O/c1-5(14)9-3-2-6-7(12)4-8(13)11(16)10(6)15-9/h2-4,14,16H,1H3. The van der Waals surface area contributed by atoms with E-state index in [-0.39, 0.29) is 5.75 Å². The topological polar surface area (TPSA) is 57.0 Å². The van der Waals surface area contributed by atoms with Crippen LogP contribution in [0.4, 0.5) is 0 Å². The molecule has 1 heterocycles. The number of rotatable bonds is 1. The average molecular weight is 438 g/mol. The van der Waals surface area contributed by atoms with Gasteiger partial charge in [-0.3, -0.25) is 0 Å². The SMILES string of the molecule is CC(=N)c1ccc2c(I)cc(I)c(O)c2n1. The van der Waals surface area contributed by atoms with Gasteiger partial charge in [0.2, 0.25) is 0 Å². The number of hydrogen-bond acceptors (Lipinski definition) is 3. The maximum absolute atomic E-state index is 9.95. The molecule has 1 aromatic heterocycles. The fourth-order valence-electron chi connectivity index (χ4n) is 1.41. The number of nitrogens with zero attached hydrogens (tertiary/aromatic N) is 1. The minimum absolute atomic E-state index is 0.194. The first-order valence-electron chi connectivity index (χ1n) is 4.54. The molecule has 0 bridgehead atoms. The van der Waals surface area contributed by atoms with Crippen molar-refractivity contribution in [2.24, 2.45) is 0 Å². The van der Waals surface area contributed by atoms with Crippen LogP contribution in [0, 0.1) is 12.5 Å². The van der Waals surface area contributed by atoms with Gasteiger partial charge in [0.25, 0.3) is 0 Å². The lowest BCUT2D eigenvalue weighted by molar-refractivity contribution is 0.476. The number of aromatic hydroxyl groups is 1. The van der Waals surface area contributed by atoms with Crippen LogP contribution in [-0.4, -0.2) is 15.8 Å². The molecule has 1 aromatic carbocycles. The van der Waals surface area contributed by atoms with Gasteiger partial charge in [-0.1, -0.05) is 0 Å². The number of hydrogen-bond donors (Lipinski definition) is 2. The van der Waals surface area contributed by atoms with Gasteiger partial charge in [0.1, 0.15) is 5.52 Å². The van der Waals surface area contributed by atoms with Crippen molar-refractivity contribution in [1.29, 1.82) is 5.41 Å². The molecular weight excluding hydrogens is 430 g/mol. The first-order chi connectivity index (χ1) is 7.50. The van der Waals surface area contributed by atoms with E-state index in [1.54, 1.807) is 13.0 Å². The highest BCUT2D eigenvalue weighted by Crippen LogP contribution is 2.32. The molecule has 0 saturated carbocycles. The molecule has 3 nitrogen and oxygen atoms in total. The van der Waals surface area contributed by atoms with Gasteiger partial charge >= 0.3 is 0 Å². The van der Waals surface area contributed by atoms with Crippen molar-refractivity contribution in [3.05, 3.63) is 31.0 Å². The van der Waals surface area contributed by atoms with E-state index in [0.29, 0.717) is 16.9 Å². The summed E-state index contributed by atoms with van der Waals surface area (Å²) < 4.78 is 1.83. The molecule has 0 aliphatic heterocycles. The first kappa shape index (κ1) is 12.0. The van der Waals surface area contributed by atoms with Gasteiger partial charge in [0, 0.05) is 8.96 Å². The molecular formula is C11H8I2N2O. The largest absolute Gasteiger partial charge is 0.505 e. The third kappa shape index (κ3) is 2.02. The second-order valence-electron chi connectivity index (χ2n) is 3.41. The van der Waals surface area contributed by atoms with Crippen LogP contribution in [0.25, 0.3) is 10.9 Å². The lowest BCUT2D eigenvalue weighted by Gasteiger charge is -2.07.